The quantitative estimate of drug-likeness (QED) is 0.328. The Morgan fingerprint density at radius 1 is 1.11 bits per heavy atom. The molecule has 28 heavy (non-hydrogen) atoms. The molecule has 0 saturated carbocycles. The van der Waals surface area contributed by atoms with E-state index in [1.54, 1.807) is 0 Å². The second-order valence-corrected chi connectivity index (χ2v) is 6.74. The fourth-order valence-electron chi connectivity index (χ4n) is 2.72. The monoisotopic (exact) mass is 444 g/mol. The van der Waals surface area contributed by atoms with Crippen molar-refractivity contribution in [1.29, 1.82) is 0 Å². The Morgan fingerprint density at radius 3 is 2.39 bits per heavy atom. The molecule has 1 aliphatic heterocycles. The summed E-state index contributed by atoms with van der Waals surface area (Å²) in [6, 6.07) is 3.51. The van der Waals surface area contributed by atoms with E-state index < -0.39 is 39.0 Å². The fourth-order valence-corrected chi connectivity index (χ4v) is 3.51. The largest absolute Gasteiger partial charge is 0.301 e. The number of non-ortho nitro benzene ring substituents is 1. The number of amides is 1. The van der Waals surface area contributed by atoms with Gasteiger partial charge in [-0.05, 0) is 30.4 Å². The van der Waals surface area contributed by atoms with Crippen molar-refractivity contribution >= 4 is 63.5 Å². The molecule has 1 fully saturated rings. The van der Waals surface area contributed by atoms with Crippen LogP contribution in [0.2, 0.25) is 10.0 Å². The minimum absolute atomic E-state index is 0.0337. The summed E-state index contributed by atoms with van der Waals surface area (Å²) in [5, 5.41) is 24.2. The summed E-state index contributed by atoms with van der Waals surface area (Å²) in [4.78, 5) is 34.2. The zero-order valence-corrected chi connectivity index (χ0v) is 15.7. The molecule has 0 aliphatic carbocycles. The third kappa shape index (κ3) is 3.35. The Hall–Kier alpha value is -2.89. The van der Waals surface area contributed by atoms with Crippen LogP contribution in [-0.4, -0.2) is 20.9 Å². The average Bonchev–Trinajstić information content (AvgIpc) is 2.91. The third-order valence-electron chi connectivity index (χ3n) is 3.92. The van der Waals surface area contributed by atoms with Crippen molar-refractivity contribution in [2.75, 3.05) is 4.90 Å². The summed E-state index contributed by atoms with van der Waals surface area (Å²) in [5.41, 5.74) is -1.42. The first-order chi connectivity index (χ1) is 13.1. The lowest BCUT2D eigenvalue weighted by Gasteiger charge is -2.24. The lowest BCUT2D eigenvalue weighted by Crippen LogP contribution is -2.30. The molecule has 0 radical (unpaired) electrons. The van der Waals surface area contributed by atoms with Crippen molar-refractivity contribution in [2.45, 2.75) is 6.04 Å². The van der Waals surface area contributed by atoms with E-state index in [1.165, 1.54) is 0 Å². The van der Waals surface area contributed by atoms with E-state index >= 15 is 0 Å². The van der Waals surface area contributed by atoms with Gasteiger partial charge < -0.3 is 5.32 Å². The van der Waals surface area contributed by atoms with Gasteiger partial charge in [-0.2, -0.15) is 0 Å². The number of carbonyl (C=O) groups excluding carboxylic acids is 1. The van der Waals surface area contributed by atoms with Crippen molar-refractivity contribution in [3.05, 3.63) is 72.0 Å². The summed E-state index contributed by atoms with van der Waals surface area (Å²) >= 11 is 16.8. The number of nitrogens with one attached hydrogen (secondary N) is 1. The zero-order valence-electron chi connectivity index (χ0n) is 13.4. The second kappa shape index (κ2) is 7.26. The van der Waals surface area contributed by atoms with Crippen LogP contribution in [0.3, 0.4) is 0 Å². The number of nitro benzene ring substituents is 2. The van der Waals surface area contributed by atoms with Crippen LogP contribution in [0.25, 0.3) is 0 Å². The first kappa shape index (κ1) is 19.9. The SMILES string of the molecule is O=C1NC(=S)N(c2ccc([N+](=O)[O-])cc2[N+](=O)[O-])C1c1cc(F)c(Cl)cc1Cl. The Morgan fingerprint density at radius 2 is 1.79 bits per heavy atom. The fraction of sp³-hybridized carbons (Fsp3) is 0.0667. The molecule has 3 rings (SSSR count). The molecule has 0 aromatic heterocycles. The van der Waals surface area contributed by atoms with Crippen LogP contribution in [0.5, 0.6) is 0 Å². The molecular formula is C15H7Cl2FN4O5S. The van der Waals surface area contributed by atoms with Gasteiger partial charge in [0.1, 0.15) is 17.5 Å². The Labute approximate surface area is 170 Å². The average molecular weight is 445 g/mol. The number of rotatable bonds is 4. The smallest absolute Gasteiger partial charge is 0.299 e. The summed E-state index contributed by atoms with van der Waals surface area (Å²) in [5.74, 6) is -1.56. The number of hydrogen-bond donors (Lipinski definition) is 1. The molecule has 1 heterocycles. The second-order valence-electron chi connectivity index (χ2n) is 5.54. The van der Waals surface area contributed by atoms with Gasteiger partial charge in [0, 0.05) is 16.7 Å². The number of benzene rings is 2. The van der Waals surface area contributed by atoms with E-state index in [2.05, 4.69) is 5.32 Å². The van der Waals surface area contributed by atoms with E-state index in [1.807, 2.05) is 0 Å². The number of nitro groups is 2. The predicted molar refractivity (Wildman–Crippen MR) is 102 cm³/mol. The highest BCUT2D eigenvalue weighted by Crippen LogP contribution is 2.41. The summed E-state index contributed by atoms with van der Waals surface area (Å²) in [6.07, 6.45) is 0. The van der Waals surface area contributed by atoms with Crippen LogP contribution in [0.15, 0.2) is 30.3 Å². The number of halogens is 3. The molecule has 1 atom stereocenters. The number of thiocarbonyl (C=S) groups is 1. The maximum atomic E-state index is 14.0. The minimum Gasteiger partial charge on any atom is -0.301 e. The molecule has 0 bridgehead atoms. The van der Waals surface area contributed by atoms with Gasteiger partial charge >= 0.3 is 0 Å². The van der Waals surface area contributed by atoms with Gasteiger partial charge in [-0.15, -0.1) is 0 Å². The van der Waals surface area contributed by atoms with Gasteiger partial charge in [-0.25, -0.2) is 4.39 Å². The van der Waals surface area contributed by atoms with E-state index in [9.17, 15) is 29.4 Å². The normalized spacial score (nSPS) is 16.2. The maximum absolute atomic E-state index is 14.0. The topological polar surface area (TPSA) is 119 Å². The van der Waals surface area contributed by atoms with Crippen molar-refractivity contribution in [3.63, 3.8) is 0 Å². The first-order valence-electron chi connectivity index (χ1n) is 7.33. The van der Waals surface area contributed by atoms with Crippen molar-refractivity contribution in [3.8, 4) is 0 Å². The molecule has 144 valence electrons. The van der Waals surface area contributed by atoms with E-state index in [-0.39, 0.29) is 26.4 Å². The van der Waals surface area contributed by atoms with E-state index in [0.717, 1.165) is 35.2 Å². The molecule has 2 aromatic rings. The van der Waals surface area contributed by atoms with Crippen LogP contribution in [0, 0.1) is 26.0 Å². The van der Waals surface area contributed by atoms with Crippen LogP contribution in [-0.2, 0) is 4.79 Å². The van der Waals surface area contributed by atoms with Gasteiger partial charge in [0.15, 0.2) is 5.11 Å². The van der Waals surface area contributed by atoms with Gasteiger partial charge in [0.25, 0.3) is 17.3 Å². The Bertz CT molecular complexity index is 1070. The zero-order chi connectivity index (χ0) is 20.7. The molecule has 13 heteroatoms. The van der Waals surface area contributed by atoms with Crippen LogP contribution in [0.1, 0.15) is 11.6 Å². The minimum atomic E-state index is -1.34. The molecule has 1 amide bonds. The Balaban J connectivity index is 2.21. The maximum Gasteiger partial charge on any atom is 0.299 e. The molecule has 1 N–H and O–H groups in total. The van der Waals surface area contributed by atoms with E-state index in [0.29, 0.717) is 0 Å². The van der Waals surface area contributed by atoms with Gasteiger partial charge in [-0.3, -0.25) is 29.9 Å². The third-order valence-corrected chi connectivity index (χ3v) is 4.83. The molecule has 9 nitrogen and oxygen atoms in total. The van der Waals surface area contributed by atoms with Crippen LogP contribution < -0.4 is 10.2 Å². The van der Waals surface area contributed by atoms with Crippen LogP contribution >= 0.6 is 35.4 Å². The summed E-state index contributed by atoms with van der Waals surface area (Å²) in [6.45, 7) is 0. The molecule has 1 unspecified atom stereocenters. The highest BCUT2D eigenvalue weighted by atomic mass is 35.5. The predicted octanol–water partition coefficient (Wildman–Crippen LogP) is 3.91. The van der Waals surface area contributed by atoms with Crippen molar-refractivity contribution in [1.82, 2.24) is 5.32 Å². The standard InChI is InChI=1S/C15H7Cl2FN4O5S/c16-8-5-9(17)10(18)4-7(8)13-14(23)19-15(28)20(13)11-2-1-6(21(24)25)3-12(11)22(26)27/h1-5,13H,(H,19,23,28). The van der Waals surface area contributed by atoms with Crippen molar-refractivity contribution in [2.24, 2.45) is 0 Å². The van der Waals surface area contributed by atoms with Gasteiger partial charge in [0.05, 0.1) is 20.9 Å². The molecule has 1 saturated heterocycles. The lowest BCUT2D eigenvalue weighted by atomic mass is 10.0. The number of carbonyl (C=O) groups is 1. The summed E-state index contributed by atoms with van der Waals surface area (Å²) in [7, 11) is 0. The summed E-state index contributed by atoms with van der Waals surface area (Å²) < 4.78 is 14.0. The highest BCUT2D eigenvalue weighted by molar-refractivity contribution is 7.80. The molecular weight excluding hydrogens is 438 g/mol. The number of anilines is 1. The van der Waals surface area contributed by atoms with E-state index in [4.69, 9.17) is 35.4 Å². The highest BCUT2D eigenvalue weighted by Gasteiger charge is 2.42. The first-order valence-corrected chi connectivity index (χ1v) is 8.49. The molecule has 0 spiro atoms. The number of nitrogens with zero attached hydrogens (tertiary/aromatic N) is 3. The van der Waals surface area contributed by atoms with Gasteiger partial charge in [-0.1, -0.05) is 23.2 Å². The number of hydrogen-bond acceptors (Lipinski definition) is 6. The molecule has 2 aromatic carbocycles. The van der Waals surface area contributed by atoms with Crippen molar-refractivity contribution < 1.29 is 19.0 Å². The van der Waals surface area contributed by atoms with Crippen LogP contribution in [0.4, 0.5) is 21.5 Å². The molecule has 1 aliphatic rings. The van der Waals surface area contributed by atoms with Gasteiger partial charge in [0.2, 0.25) is 0 Å². The Kier molecular flexibility index (Phi) is 5.15. The lowest BCUT2D eigenvalue weighted by molar-refractivity contribution is -0.393.